The van der Waals surface area contributed by atoms with E-state index in [0.29, 0.717) is 0 Å². The summed E-state index contributed by atoms with van der Waals surface area (Å²) in [7, 11) is 0. The van der Waals surface area contributed by atoms with Crippen molar-refractivity contribution in [3.8, 4) is 0 Å². The van der Waals surface area contributed by atoms with E-state index in [-0.39, 0.29) is 5.60 Å². The molecule has 17 heavy (non-hydrogen) atoms. The van der Waals surface area contributed by atoms with Gasteiger partial charge in [-0.2, -0.15) is 0 Å². The molecule has 1 atom stereocenters. The van der Waals surface area contributed by atoms with E-state index < -0.39 is 0 Å². The minimum atomic E-state index is 0.0229. The van der Waals surface area contributed by atoms with Crippen LogP contribution in [0.3, 0.4) is 0 Å². The highest BCUT2D eigenvalue weighted by molar-refractivity contribution is 4.78. The van der Waals surface area contributed by atoms with Crippen molar-refractivity contribution in [3.05, 3.63) is 12.7 Å². The number of rotatable bonds is 10. The maximum atomic E-state index is 5.70. The fourth-order valence-electron chi connectivity index (χ4n) is 1.99. The number of hydrogen-bond acceptors (Lipinski definition) is 1. The van der Waals surface area contributed by atoms with Crippen LogP contribution in [-0.2, 0) is 4.74 Å². The maximum absolute atomic E-state index is 5.70. The molecule has 0 radical (unpaired) electrons. The number of unbranched alkanes of at least 4 members (excludes halogenated alkanes) is 3. The molecule has 0 spiro atoms. The molecule has 0 aliphatic carbocycles. The van der Waals surface area contributed by atoms with E-state index in [1.165, 1.54) is 44.9 Å². The summed E-state index contributed by atoms with van der Waals surface area (Å²) in [6.07, 6.45) is 11.2. The molecule has 0 aromatic rings. The predicted octanol–water partition coefficient (Wildman–Crippen LogP) is 5.35. The first-order valence-electron chi connectivity index (χ1n) is 7.26. The first-order chi connectivity index (χ1) is 7.99. The summed E-state index contributed by atoms with van der Waals surface area (Å²) in [6, 6.07) is 0. The second-order valence-electron chi connectivity index (χ2n) is 5.95. The summed E-state index contributed by atoms with van der Waals surface area (Å²) < 4.78 is 5.70. The molecule has 1 nitrogen and oxygen atoms in total. The van der Waals surface area contributed by atoms with Crippen LogP contribution in [0.25, 0.3) is 0 Å². The average molecular weight is 240 g/mol. The lowest BCUT2D eigenvalue weighted by atomic mass is 9.96. The second-order valence-corrected chi connectivity index (χ2v) is 5.95. The average Bonchev–Trinajstić information content (AvgIpc) is 2.24. The van der Waals surface area contributed by atoms with Crippen molar-refractivity contribution < 1.29 is 4.74 Å². The Morgan fingerprint density at radius 2 is 1.71 bits per heavy atom. The number of ether oxygens (including phenoxy) is 1. The molecule has 1 unspecified atom stereocenters. The highest BCUT2D eigenvalue weighted by atomic mass is 16.5. The van der Waals surface area contributed by atoms with Crippen molar-refractivity contribution in [2.24, 2.45) is 5.92 Å². The van der Waals surface area contributed by atoms with Crippen LogP contribution in [0, 0.1) is 5.92 Å². The highest BCUT2D eigenvalue weighted by Gasteiger charge is 2.08. The van der Waals surface area contributed by atoms with Crippen LogP contribution >= 0.6 is 0 Å². The summed E-state index contributed by atoms with van der Waals surface area (Å²) >= 11 is 0. The molecule has 102 valence electrons. The monoisotopic (exact) mass is 240 g/mol. The largest absolute Gasteiger partial charge is 0.376 e. The quantitative estimate of drug-likeness (QED) is 0.369. The van der Waals surface area contributed by atoms with Crippen molar-refractivity contribution >= 4 is 0 Å². The molecule has 0 aliphatic heterocycles. The predicted molar refractivity (Wildman–Crippen MR) is 77.4 cm³/mol. The third-order valence-electron chi connectivity index (χ3n) is 3.00. The van der Waals surface area contributed by atoms with Crippen molar-refractivity contribution in [2.75, 3.05) is 6.61 Å². The molecule has 0 amide bonds. The first-order valence-corrected chi connectivity index (χ1v) is 7.26. The Hall–Kier alpha value is -0.300. The Bertz CT molecular complexity index is 178. The third kappa shape index (κ3) is 12.0. The molecular weight excluding hydrogens is 208 g/mol. The van der Waals surface area contributed by atoms with Gasteiger partial charge in [-0.05, 0) is 46.0 Å². The van der Waals surface area contributed by atoms with E-state index in [0.717, 1.165) is 12.5 Å². The van der Waals surface area contributed by atoms with Crippen LogP contribution in [0.4, 0.5) is 0 Å². The summed E-state index contributed by atoms with van der Waals surface area (Å²) in [4.78, 5) is 0. The van der Waals surface area contributed by atoms with Crippen LogP contribution < -0.4 is 0 Å². The number of allylic oxidation sites excluding steroid dienone is 1. The van der Waals surface area contributed by atoms with E-state index in [9.17, 15) is 0 Å². The fourth-order valence-corrected chi connectivity index (χ4v) is 1.99. The van der Waals surface area contributed by atoms with Gasteiger partial charge >= 0.3 is 0 Å². The van der Waals surface area contributed by atoms with Crippen LogP contribution in [0.5, 0.6) is 0 Å². The summed E-state index contributed by atoms with van der Waals surface area (Å²) in [6.45, 7) is 13.4. The molecular formula is C16H32O. The van der Waals surface area contributed by atoms with Crippen molar-refractivity contribution in [1.82, 2.24) is 0 Å². The highest BCUT2D eigenvalue weighted by Crippen LogP contribution is 2.17. The van der Waals surface area contributed by atoms with Gasteiger partial charge in [0.2, 0.25) is 0 Å². The molecule has 0 bridgehead atoms. The van der Waals surface area contributed by atoms with Gasteiger partial charge in [0.15, 0.2) is 0 Å². The Kier molecular flexibility index (Phi) is 9.53. The molecule has 0 rings (SSSR count). The maximum Gasteiger partial charge on any atom is 0.0598 e. The third-order valence-corrected chi connectivity index (χ3v) is 3.00. The molecule has 0 aromatic heterocycles. The normalized spacial score (nSPS) is 13.6. The van der Waals surface area contributed by atoms with E-state index in [4.69, 9.17) is 4.74 Å². The minimum Gasteiger partial charge on any atom is -0.376 e. The Labute approximate surface area is 109 Å². The SMILES string of the molecule is C=CC(CCC)CCCCCCOC(C)(C)C. The molecule has 0 fully saturated rings. The first kappa shape index (κ1) is 16.7. The molecule has 0 saturated carbocycles. The van der Waals surface area contributed by atoms with Crippen LogP contribution in [-0.4, -0.2) is 12.2 Å². The van der Waals surface area contributed by atoms with Crippen LogP contribution in [0.15, 0.2) is 12.7 Å². The minimum absolute atomic E-state index is 0.0229. The van der Waals surface area contributed by atoms with Gasteiger partial charge in [0.25, 0.3) is 0 Å². The molecule has 0 heterocycles. The molecule has 0 N–H and O–H groups in total. The van der Waals surface area contributed by atoms with E-state index >= 15 is 0 Å². The van der Waals surface area contributed by atoms with E-state index in [2.05, 4.69) is 40.3 Å². The Morgan fingerprint density at radius 1 is 1.06 bits per heavy atom. The molecule has 1 heteroatoms. The van der Waals surface area contributed by atoms with Crippen molar-refractivity contribution in [3.63, 3.8) is 0 Å². The summed E-state index contributed by atoms with van der Waals surface area (Å²) in [5.41, 5.74) is 0.0229. The van der Waals surface area contributed by atoms with E-state index in [1.54, 1.807) is 0 Å². The lowest BCUT2D eigenvalue weighted by molar-refractivity contribution is -0.00475. The van der Waals surface area contributed by atoms with Gasteiger partial charge < -0.3 is 4.74 Å². The smallest absolute Gasteiger partial charge is 0.0598 e. The molecule has 0 saturated heterocycles. The van der Waals surface area contributed by atoms with Gasteiger partial charge in [-0.15, -0.1) is 6.58 Å². The summed E-state index contributed by atoms with van der Waals surface area (Å²) in [5.74, 6) is 0.742. The van der Waals surface area contributed by atoms with Gasteiger partial charge in [-0.25, -0.2) is 0 Å². The van der Waals surface area contributed by atoms with E-state index in [1.807, 2.05) is 0 Å². The van der Waals surface area contributed by atoms with Crippen molar-refractivity contribution in [1.29, 1.82) is 0 Å². The fraction of sp³-hybridized carbons (Fsp3) is 0.875. The van der Waals surface area contributed by atoms with Gasteiger partial charge in [-0.1, -0.05) is 38.7 Å². The van der Waals surface area contributed by atoms with Crippen molar-refractivity contribution in [2.45, 2.75) is 78.2 Å². The lowest BCUT2D eigenvalue weighted by Gasteiger charge is -2.19. The lowest BCUT2D eigenvalue weighted by Crippen LogP contribution is -2.19. The second kappa shape index (κ2) is 9.70. The number of hydrogen-bond donors (Lipinski definition) is 0. The zero-order valence-electron chi connectivity index (χ0n) is 12.4. The van der Waals surface area contributed by atoms with Gasteiger partial charge in [-0.3, -0.25) is 0 Å². The zero-order valence-corrected chi connectivity index (χ0v) is 12.4. The van der Waals surface area contributed by atoms with Crippen LogP contribution in [0.1, 0.15) is 72.6 Å². The van der Waals surface area contributed by atoms with Gasteiger partial charge in [0.05, 0.1) is 5.60 Å². The van der Waals surface area contributed by atoms with Gasteiger partial charge in [0.1, 0.15) is 0 Å². The van der Waals surface area contributed by atoms with Gasteiger partial charge in [0, 0.05) is 6.61 Å². The van der Waals surface area contributed by atoms with Crippen LogP contribution in [0.2, 0.25) is 0 Å². The Morgan fingerprint density at radius 3 is 2.24 bits per heavy atom. The topological polar surface area (TPSA) is 9.23 Å². The summed E-state index contributed by atoms with van der Waals surface area (Å²) in [5, 5.41) is 0. The zero-order chi connectivity index (χ0) is 13.1. The standard InChI is InChI=1S/C16H32O/c1-6-12-15(7-2)13-10-8-9-11-14-17-16(3,4)5/h7,15H,2,6,8-14H2,1,3-5H3. The molecule has 0 aromatic carbocycles. The Balaban J connectivity index is 3.31. The molecule has 0 aliphatic rings.